The van der Waals surface area contributed by atoms with E-state index in [2.05, 4.69) is 15.5 Å². The van der Waals surface area contributed by atoms with Crippen molar-refractivity contribution >= 4 is 51.6 Å². The molecule has 2 N–H and O–H groups in total. The Kier molecular flexibility index (Phi) is 6.90. The SMILES string of the molecule is O=C(CNC(=O)c1ccc(F)cc1)N=Nc1c(O)n(Cc2ccc(Cl)c(Cl)c2)c2ccccc12. The Hall–Kier alpha value is -3.75. The van der Waals surface area contributed by atoms with Crippen LogP contribution in [0.1, 0.15) is 15.9 Å². The third-order valence-electron chi connectivity index (χ3n) is 5.01. The van der Waals surface area contributed by atoms with Crippen molar-refractivity contribution in [3.63, 3.8) is 0 Å². The Labute approximate surface area is 203 Å². The highest BCUT2D eigenvalue weighted by molar-refractivity contribution is 6.42. The van der Waals surface area contributed by atoms with E-state index < -0.39 is 24.2 Å². The van der Waals surface area contributed by atoms with E-state index in [1.807, 2.05) is 6.07 Å². The number of nitrogens with one attached hydrogen (secondary N) is 1. The van der Waals surface area contributed by atoms with Gasteiger partial charge in [0.05, 0.1) is 22.1 Å². The van der Waals surface area contributed by atoms with Crippen molar-refractivity contribution in [2.45, 2.75) is 6.54 Å². The van der Waals surface area contributed by atoms with Crippen LogP contribution in [0.5, 0.6) is 5.88 Å². The Morgan fingerprint density at radius 2 is 1.74 bits per heavy atom. The van der Waals surface area contributed by atoms with Crippen molar-refractivity contribution in [1.29, 1.82) is 0 Å². The fraction of sp³-hybridized carbons (Fsp3) is 0.0833. The van der Waals surface area contributed by atoms with Crippen molar-refractivity contribution < 1.29 is 19.1 Å². The standard InChI is InChI=1S/C24H17Cl2FN4O3/c25-18-10-5-14(11-19(18)26)13-31-20-4-2-1-3-17(20)22(24(31)34)30-29-21(32)12-28-23(33)15-6-8-16(27)9-7-15/h1-11,34H,12-13H2,(H,28,33). The maximum Gasteiger partial charge on any atom is 0.283 e. The number of nitrogens with zero attached hydrogens (tertiary/aromatic N) is 3. The minimum absolute atomic E-state index is 0.119. The summed E-state index contributed by atoms with van der Waals surface area (Å²) in [6, 6.07) is 17.2. The van der Waals surface area contributed by atoms with Crippen LogP contribution in [0.2, 0.25) is 10.0 Å². The molecule has 1 aromatic heterocycles. The highest BCUT2D eigenvalue weighted by atomic mass is 35.5. The van der Waals surface area contributed by atoms with E-state index in [4.69, 9.17) is 23.2 Å². The number of para-hydroxylation sites is 1. The van der Waals surface area contributed by atoms with Crippen LogP contribution in [0.15, 0.2) is 77.0 Å². The summed E-state index contributed by atoms with van der Waals surface area (Å²) in [6.45, 7) is -0.136. The van der Waals surface area contributed by atoms with Gasteiger partial charge in [-0.05, 0) is 48.0 Å². The molecule has 0 atom stereocenters. The molecule has 0 fully saturated rings. The number of fused-ring (bicyclic) bond motifs is 1. The summed E-state index contributed by atoms with van der Waals surface area (Å²) in [7, 11) is 0. The van der Waals surface area contributed by atoms with Crippen LogP contribution in [-0.4, -0.2) is 28.0 Å². The molecule has 0 aliphatic heterocycles. The monoisotopic (exact) mass is 498 g/mol. The number of carbonyl (C=O) groups is 2. The molecule has 0 spiro atoms. The van der Waals surface area contributed by atoms with Gasteiger partial charge in [0.1, 0.15) is 12.4 Å². The Bertz CT molecular complexity index is 1420. The summed E-state index contributed by atoms with van der Waals surface area (Å²) < 4.78 is 14.6. The van der Waals surface area contributed by atoms with Gasteiger partial charge in [-0.25, -0.2) is 4.39 Å². The van der Waals surface area contributed by atoms with Gasteiger partial charge in [0, 0.05) is 10.9 Å². The summed E-state index contributed by atoms with van der Waals surface area (Å²) in [6.07, 6.45) is 0. The lowest BCUT2D eigenvalue weighted by Gasteiger charge is -2.08. The summed E-state index contributed by atoms with van der Waals surface area (Å²) in [5, 5.41) is 22.2. The third kappa shape index (κ3) is 5.08. The number of hydrogen-bond donors (Lipinski definition) is 2. The number of benzene rings is 3. The van der Waals surface area contributed by atoms with Crippen LogP contribution in [0, 0.1) is 5.82 Å². The van der Waals surface area contributed by atoms with Gasteiger partial charge in [0.15, 0.2) is 5.69 Å². The lowest BCUT2D eigenvalue weighted by molar-refractivity contribution is -0.117. The predicted octanol–water partition coefficient (Wildman–Crippen LogP) is 5.88. The van der Waals surface area contributed by atoms with Crippen LogP contribution in [0.3, 0.4) is 0 Å². The highest BCUT2D eigenvalue weighted by Gasteiger charge is 2.17. The molecular formula is C24H17Cl2FN4O3. The lowest BCUT2D eigenvalue weighted by atomic mass is 10.2. The first-order valence-corrected chi connectivity index (χ1v) is 10.8. The second-order valence-corrected chi connectivity index (χ2v) is 8.12. The molecule has 0 unspecified atom stereocenters. The Balaban J connectivity index is 1.52. The average Bonchev–Trinajstić information content (AvgIpc) is 3.09. The van der Waals surface area contributed by atoms with E-state index in [0.29, 0.717) is 20.9 Å². The minimum atomic E-state index is -0.726. The second kappa shape index (κ2) is 10.0. The molecule has 0 aliphatic carbocycles. The quantitative estimate of drug-likeness (QED) is 0.324. The minimum Gasteiger partial charge on any atom is -0.493 e. The van der Waals surface area contributed by atoms with Gasteiger partial charge >= 0.3 is 0 Å². The summed E-state index contributed by atoms with van der Waals surface area (Å²) in [5.74, 6) is -1.93. The molecule has 0 radical (unpaired) electrons. The molecular weight excluding hydrogens is 482 g/mol. The largest absolute Gasteiger partial charge is 0.493 e. The van der Waals surface area contributed by atoms with Gasteiger partial charge in [-0.15, -0.1) is 10.2 Å². The zero-order chi connectivity index (χ0) is 24.2. The molecule has 34 heavy (non-hydrogen) atoms. The molecule has 0 aliphatic rings. The first kappa shape index (κ1) is 23.4. The number of azo groups is 1. The zero-order valence-electron chi connectivity index (χ0n) is 17.5. The van der Waals surface area contributed by atoms with Crippen molar-refractivity contribution in [2.75, 3.05) is 6.54 Å². The summed E-state index contributed by atoms with van der Waals surface area (Å²) in [5.41, 5.74) is 1.80. The van der Waals surface area contributed by atoms with E-state index in [0.717, 1.165) is 17.7 Å². The molecule has 4 rings (SSSR count). The molecule has 7 nitrogen and oxygen atoms in total. The number of amides is 2. The van der Waals surface area contributed by atoms with Crippen molar-refractivity contribution in [1.82, 2.24) is 9.88 Å². The van der Waals surface area contributed by atoms with Crippen molar-refractivity contribution in [3.05, 3.63) is 93.7 Å². The van der Waals surface area contributed by atoms with Gasteiger partial charge in [0.25, 0.3) is 11.8 Å². The van der Waals surface area contributed by atoms with Crippen LogP contribution in [-0.2, 0) is 11.3 Å². The summed E-state index contributed by atoms with van der Waals surface area (Å²) >= 11 is 12.1. The molecule has 0 saturated heterocycles. The fourth-order valence-electron chi connectivity index (χ4n) is 3.35. The van der Waals surface area contributed by atoms with Gasteiger partial charge in [-0.3, -0.25) is 9.59 Å². The number of hydrogen-bond acceptors (Lipinski definition) is 4. The van der Waals surface area contributed by atoms with Crippen LogP contribution < -0.4 is 5.32 Å². The topological polar surface area (TPSA) is 96.1 Å². The molecule has 0 saturated carbocycles. The number of aromatic nitrogens is 1. The Morgan fingerprint density at radius 3 is 2.47 bits per heavy atom. The van der Waals surface area contributed by atoms with E-state index in [1.54, 1.807) is 41.0 Å². The highest BCUT2D eigenvalue weighted by Crippen LogP contribution is 2.39. The van der Waals surface area contributed by atoms with E-state index in [1.165, 1.54) is 12.1 Å². The van der Waals surface area contributed by atoms with Crippen molar-refractivity contribution in [3.8, 4) is 5.88 Å². The smallest absolute Gasteiger partial charge is 0.283 e. The first-order chi connectivity index (χ1) is 16.3. The molecule has 2 amide bonds. The maximum atomic E-state index is 13.0. The van der Waals surface area contributed by atoms with E-state index in [9.17, 15) is 19.1 Å². The van der Waals surface area contributed by atoms with Crippen LogP contribution in [0.25, 0.3) is 10.9 Å². The van der Waals surface area contributed by atoms with Crippen molar-refractivity contribution in [2.24, 2.45) is 10.2 Å². The molecule has 0 bridgehead atoms. The molecule has 10 heteroatoms. The van der Waals surface area contributed by atoms with E-state index in [-0.39, 0.29) is 23.7 Å². The number of aromatic hydroxyl groups is 1. The second-order valence-electron chi connectivity index (χ2n) is 7.31. The van der Waals surface area contributed by atoms with E-state index >= 15 is 0 Å². The summed E-state index contributed by atoms with van der Waals surface area (Å²) in [4.78, 5) is 24.2. The molecule has 4 aromatic rings. The number of rotatable bonds is 6. The van der Waals surface area contributed by atoms with Crippen LogP contribution in [0.4, 0.5) is 10.1 Å². The third-order valence-corrected chi connectivity index (χ3v) is 5.75. The van der Waals surface area contributed by atoms with Gasteiger partial charge < -0.3 is 15.0 Å². The molecule has 3 aromatic carbocycles. The van der Waals surface area contributed by atoms with Gasteiger partial charge in [0.2, 0.25) is 5.88 Å². The Morgan fingerprint density at radius 1 is 1.00 bits per heavy atom. The normalized spacial score (nSPS) is 11.3. The zero-order valence-corrected chi connectivity index (χ0v) is 19.0. The first-order valence-electron chi connectivity index (χ1n) is 10.1. The maximum absolute atomic E-state index is 13.0. The molecule has 1 heterocycles. The van der Waals surface area contributed by atoms with Crippen LogP contribution >= 0.6 is 23.2 Å². The fourth-order valence-corrected chi connectivity index (χ4v) is 3.67. The predicted molar refractivity (Wildman–Crippen MR) is 127 cm³/mol. The van der Waals surface area contributed by atoms with Gasteiger partial charge in [-0.2, -0.15) is 0 Å². The average molecular weight is 499 g/mol. The van der Waals surface area contributed by atoms with Gasteiger partial charge in [-0.1, -0.05) is 47.5 Å². The number of halogens is 3. The molecule has 172 valence electrons. The lowest BCUT2D eigenvalue weighted by Crippen LogP contribution is -2.28. The number of carbonyl (C=O) groups excluding carboxylic acids is 2.